The summed E-state index contributed by atoms with van der Waals surface area (Å²) < 4.78 is 0. The first-order valence-electron chi connectivity index (χ1n) is 6.60. The van der Waals surface area contributed by atoms with Gasteiger partial charge in [-0.3, -0.25) is 4.90 Å². The molecule has 1 saturated carbocycles. The zero-order valence-electron chi connectivity index (χ0n) is 10.5. The molecule has 2 N–H and O–H groups in total. The Balaban J connectivity index is 1.60. The Kier molecular flexibility index (Phi) is 3.31. The highest BCUT2D eigenvalue weighted by Crippen LogP contribution is 2.30. The third kappa shape index (κ3) is 2.70. The number of anilines is 2. The highest BCUT2D eigenvalue weighted by atomic mass is 35.5. The fourth-order valence-corrected chi connectivity index (χ4v) is 2.69. The van der Waals surface area contributed by atoms with Crippen molar-refractivity contribution in [2.45, 2.75) is 12.8 Å². The molecule has 18 heavy (non-hydrogen) atoms. The van der Waals surface area contributed by atoms with Crippen molar-refractivity contribution in [1.82, 2.24) is 9.88 Å². The molecule has 1 saturated heterocycles. The summed E-state index contributed by atoms with van der Waals surface area (Å²) in [4.78, 5) is 9.17. The number of nitrogens with two attached hydrogens (primary N) is 1. The number of aromatic nitrogens is 1. The summed E-state index contributed by atoms with van der Waals surface area (Å²) in [6.45, 7) is 5.51. The summed E-state index contributed by atoms with van der Waals surface area (Å²) in [5.74, 6) is 1.85. The lowest BCUT2D eigenvalue weighted by atomic mass is 10.2. The van der Waals surface area contributed by atoms with Crippen LogP contribution in [0.4, 0.5) is 11.5 Å². The smallest absolute Gasteiger partial charge is 0.151 e. The number of hydrogen-bond donors (Lipinski definition) is 1. The summed E-state index contributed by atoms with van der Waals surface area (Å²) >= 11 is 5.87. The molecule has 1 aliphatic heterocycles. The van der Waals surface area contributed by atoms with Gasteiger partial charge in [0.15, 0.2) is 5.82 Å². The molecule has 1 aromatic rings. The maximum Gasteiger partial charge on any atom is 0.151 e. The maximum atomic E-state index is 5.98. The summed E-state index contributed by atoms with van der Waals surface area (Å²) in [6.07, 6.45) is 4.52. The predicted octanol–water partition coefficient (Wildman–Crippen LogP) is 1.85. The van der Waals surface area contributed by atoms with E-state index in [1.807, 2.05) is 0 Å². The van der Waals surface area contributed by atoms with Gasteiger partial charge in [0.1, 0.15) is 0 Å². The molecular weight excluding hydrogens is 248 g/mol. The highest BCUT2D eigenvalue weighted by molar-refractivity contribution is 6.30. The van der Waals surface area contributed by atoms with Crippen molar-refractivity contribution in [3.8, 4) is 0 Å². The largest absolute Gasteiger partial charge is 0.396 e. The standard InChI is InChI=1S/C13H19ClN4/c14-11-7-12(15)13(16-8-11)18-5-3-17(4-6-18)9-10-1-2-10/h7-8,10H,1-6,9,15H2. The Bertz CT molecular complexity index is 425. The van der Waals surface area contributed by atoms with Gasteiger partial charge in [0.05, 0.1) is 10.7 Å². The van der Waals surface area contributed by atoms with Crippen LogP contribution in [0.25, 0.3) is 0 Å². The minimum absolute atomic E-state index is 0.601. The van der Waals surface area contributed by atoms with Gasteiger partial charge < -0.3 is 10.6 Å². The number of piperazine rings is 1. The predicted molar refractivity (Wildman–Crippen MR) is 75.0 cm³/mol. The Morgan fingerprint density at radius 3 is 2.61 bits per heavy atom. The van der Waals surface area contributed by atoms with Gasteiger partial charge in [-0.1, -0.05) is 11.6 Å². The summed E-state index contributed by atoms with van der Waals surface area (Å²) in [6, 6.07) is 1.78. The number of hydrogen-bond acceptors (Lipinski definition) is 4. The molecule has 4 nitrogen and oxygen atoms in total. The summed E-state index contributed by atoms with van der Waals surface area (Å²) in [7, 11) is 0. The lowest BCUT2D eigenvalue weighted by Crippen LogP contribution is -2.47. The van der Waals surface area contributed by atoms with Crippen molar-refractivity contribution in [2.75, 3.05) is 43.4 Å². The van der Waals surface area contributed by atoms with Crippen LogP contribution in [0.5, 0.6) is 0 Å². The molecule has 0 unspecified atom stereocenters. The number of nitrogens with zero attached hydrogens (tertiary/aromatic N) is 3. The van der Waals surface area contributed by atoms with E-state index in [1.54, 1.807) is 12.3 Å². The van der Waals surface area contributed by atoms with E-state index < -0.39 is 0 Å². The number of rotatable bonds is 3. The van der Waals surface area contributed by atoms with Crippen molar-refractivity contribution >= 4 is 23.1 Å². The first-order chi connectivity index (χ1) is 8.72. The third-order valence-electron chi connectivity index (χ3n) is 3.75. The first kappa shape index (κ1) is 12.1. The molecule has 1 aromatic heterocycles. The number of nitrogen functional groups attached to an aromatic ring is 1. The molecule has 0 bridgehead atoms. The third-order valence-corrected chi connectivity index (χ3v) is 3.95. The highest BCUT2D eigenvalue weighted by Gasteiger charge is 2.27. The molecule has 0 aromatic carbocycles. The van der Waals surface area contributed by atoms with Gasteiger partial charge in [0.25, 0.3) is 0 Å². The van der Waals surface area contributed by atoms with Crippen molar-refractivity contribution in [3.05, 3.63) is 17.3 Å². The van der Waals surface area contributed by atoms with E-state index >= 15 is 0 Å². The minimum atomic E-state index is 0.601. The summed E-state index contributed by atoms with van der Waals surface area (Å²) in [5, 5.41) is 0.601. The molecule has 0 radical (unpaired) electrons. The lowest BCUT2D eigenvalue weighted by molar-refractivity contribution is 0.247. The Labute approximate surface area is 113 Å². The fraction of sp³-hybridized carbons (Fsp3) is 0.615. The van der Waals surface area contributed by atoms with Crippen LogP contribution in [0.3, 0.4) is 0 Å². The van der Waals surface area contributed by atoms with Gasteiger partial charge in [0.2, 0.25) is 0 Å². The van der Waals surface area contributed by atoms with Crippen LogP contribution in [0.1, 0.15) is 12.8 Å². The van der Waals surface area contributed by atoms with Crippen LogP contribution >= 0.6 is 11.6 Å². The molecule has 2 heterocycles. The molecule has 2 fully saturated rings. The zero-order chi connectivity index (χ0) is 12.5. The molecule has 0 atom stereocenters. The van der Waals surface area contributed by atoms with Gasteiger partial charge in [-0.2, -0.15) is 0 Å². The normalized spacial score (nSPS) is 21.3. The van der Waals surface area contributed by atoms with Crippen LogP contribution in [-0.4, -0.2) is 42.6 Å². The van der Waals surface area contributed by atoms with Gasteiger partial charge >= 0.3 is 0 Å². The van der Waals surface area contributed by atoms with Gasteiger partial charge in [-0.25, -0.2) is 4.98 Å². The van der Waals surface area contributed by atoms with Gasteiger partial charge in [-0.05, 0) is 24.8 Å². The first-order valence-corrected chi connectivity index (χ1v) is 6.98. The molecule has 0 spiro atoms. The molecule has 2 aliphatic rings. The van der Waals surface area contributed by atoms with Crippen LogP contribution in [0, 0.1) is 5.92 Å². The molecule has 98 valence electrons. The van der Waals surface area contributed by atoms with Crippen LogP contribution in [0.2, 0.25) is 5.02 Å². The average Bonchev–Trinajstić information content (AvgIpc) is 3.15. The van der Waals surface area contributed by atoms with E-state index in [1.165, 1.54) is 19.4 Å². The topological polar surface area (TPSA) is 45.4 Å². The van der Waals surface area contributed by atoms with E-state index in [0.29, 0.717) is 10.7 Å². The van der Waals surface area contributed by atoms with Crippen LogP contribution in [0.15, 0.2) is 12.3 Å². The Hall–Kier alpha value is -1.00. The molecule has 1 aliphatic carbocycles. The van der Waals surface area contributed by atoms with Gasteiger partial charge in [0, 0.05) is 38.9 Å². The second-order valence-corrected chi connectivity index (χ2v) is 5.73. The number of pyridine rings is 1. The Morgan fingerprint density at radius 1 is 1.28 bits per heavy atom. The van der Waals surface area contributed by atoms with E-state index in [-0.39, 0.29) is 0 Å². The van der Waals surface area contributed by atoms with Crippen molar-refractivity contribution < 1.29 is 0 Å². The van der Waals surface area contributed by atoms with E-state index in [4.69, 9.17) is 17.3 Å². The fourth-order valence-electron chi connectivity index (χ4n) is 2.52. The van der Waals surface area contributed by atoms with Crippen LogP contribution in [-0.2, 0) is 0 Å². The minimum Gasteiger partial charge on any atom is -0.396 e. The SMILES string of the molecule is Nc1cc(Cl)cnc1N1CCN(CC2CC2)CC1. The quantitative estimate of drug-likeness (QED) is 0.907. The van der Waals surface area contributed by atoms with Crippen molar-refractivity contribution in [1.29, 1.82) is 0 Å². The zero-order valence-corrected chi connectivity index (χ0v) is 11.2. The second kappa shape index (κ2) is 4.94. The molecule has 5 heteroatoms. The van der Waals surface area contributed by atoms with E-state index in [2.05, 4.69) is 14.8 Å². The van der Waals surface area contributed by atoms with Crippen molar-refractivity contribution in [2.24, 2.45) is 5.92 Å². The van der Waals surface area contributed by atoms with Gasteiger partial charge in [-0.15, -0.1) is 0 Å². The average molecular weight is 267 g/mol. The van der Waals surface area contributed by atoms with E-state index in [9.17, 15) is 0 Å². The lowest BCUT2D eigenvalue weighted by Gasteiger charge is -2.35. The van der Waals surface area contributed by atoms with Crippen LogP contribution < -0.4 is 10.6 Å². The molecule has 0 amide bonds. The number of halogens is 1. The van der Waals surface area contributed by atoms with Crippen molar-refractivity contribution in [3.63, 3.8) is 0 Å². The molecular formula is C13H19ClN4. The molecule has 3 rings (SSSR count). The Morgan fingerprint density at radius 2 is 2.00 bits per heavy atom. The summed E-state index contributed by atoms with van der Waals surface area (Å²) in [5.41, 5.74) is 6.65. The second-order valence-electron chi connectivity index (χ2n) is 5.30. The monoisotopic (exact) mass is 266 g/mol. The maximum absolute atomic E-state index is 5.98. The van der Waals surface area contributed by atoms with E-state index in [0.717, 1.165) is 37.9 Å².